The first-order chi connectivity index (χ1) is 26.1. The molecule has 53 heavy (non-hydrogen) atoms. The highest BCUT2D eigenvalue weighted by atomic mass is 14.7. The van der Waals surface area contributed by atoms with E-state index in [1.807, 2.05) is 92.9 Å². The Morgan fingerprint density at radius 2 is 1.09 bits per heavy atom. The highest BCUT2D eigenvalue weighted by molar-refractivity contribution is 6.08. The molecule has 2 nitrogen and oxygen atoms in total. The first kappa shape index (κ1) is 37.5. The summed E-state index contributed by atoms with van der Waals surface area (Å²) < 4.78 is 0. The number of benzene rings is 7. The summed E-state index contributed by atoms with van der Waals surface area (Å²) in [5.41, 5.74) is 14.6. The third kappa shape index (κ3) is 11.1. The van der Waals surface area contributed by atoms with Crippen LogP contribution in [0, 0.1) is 0 Å². The van der Waals surface area contributed by atoms with Crippen LogP contribution in [0.1, 0.15) is 19.4 Å². The second-order valence-electron chi connectivity index (χ2n) is 12.2. The van der Waals surface area contributed by atoms with Gasteiger partial charge >= 0.3 is 0 Å². The normalized spacial score (nSPS) is 11.5. The maximum atomic E-state index is 5.79. The van der Waals surface area contributed by atoms with Crippen LogP contribution in [-0.2, 0) is 0 Å². The van der Waals surface area contributed by atoms with Gasteiger partial charge in [-0.2, -0.15) is 0 Å². The monoisotopic (exact) mass is 686 g/mol. The van der Waals surface area contributed by atoms with E-state index in [0.29, 0.717) is 0 Å². The smallest absolute Gasteiger partial charge is 0.0630 e. The summed E-state index contributed by atoms with van der Waals surface area (Å²) in [5, 5.41) is 5.06. The maximum Gasteiger partial charge on any atom is 0.0630 e. The van der Waals surface area contributed by atoms with E-state index in [1.54, 1.807) is 6.08 Å². The molecule has 0 amide bonds. The Balaban J connectivity index is 0.000000233. The molecule has 2 heteroatoms. The summed E-state index contributed by atoms with van der Waals surface area (Å²) in [4.78, 5) is 4.65. The summed E-state index contributed by atoms with van der Waals surface area (Å²) in [5.74, 6) is 0. The van der Waals surface area contributed by atoms with Crippen molar-refractivity contribution in [3.05, 3.63) is 225 Å². The van der Waals surface area contributed by atoms with Gasteiger partial charge < -0.3 is 5.73 Å². The SMILES string of the molecule is C/C=C\C(=C/C=Nc1ccc(-c2ccc(N)cc2)cc1)c1ccc2c(ccc3ccccc32)c1.C=C/C=C\C=C/C.c1ccc(-c2ccccc2)cc1. The number of nitrogens with zero attached hydrogens (tertiary/aromatic N) is 1. The Hall–Kier alpha value is -6.77. The molecule has 7 aromatic carbocycles. The Morgan fingerprint density at radius 3 is 1.72 bits per heavy atom. The molecule has 260 valence electrons. The zero-order valence-electron chi connectivity index (χ0n) is 30.5. The molecule has 0 bridgehead atoms. The molecule has 0 saturated carbocycles. The molecule has 0 heterocycles. The highest BCUT2D eigenvalue weighted by Crippen LogP contribution is 2.29. The second kappa shape index (κ2) is 20.2. The molecule has 0 saturated heterocycles. The van der Waals surface area contributed by atoms with Crippen LogP contribution < -0.4 is 5.73 Å². The fraction of sp³-hybridized carbons (Fsp3) is 0.0392. The fourth-order valence-corrected chi connectivity index (χ4v) is 5.75. The van der Waals surface area contributed by atoms with Crippen molar-refractivity contribution in [1.29, 1.82) is 0 Å². The van der Waals surface area contributed by atoms with E-state index in [0.717, 1.165) is 28.1 Å². The maximum absolute atomic E-state index is 5.79. The standard InChI is InChI=1S/C32H26N2.C12H10.C7H10/c1-2-5-23(27-14-19-32-28(22-27)9-8-26-6-3-4-7-31(26)32)20-21-34-30-17-12-25(13-18-30)24-10-15-29(33)16-11-24;1-3-7-11(8-4-1)12-9-5-2-6-10-12;1-3-5-7-6-4-2/h2-22H,33H2,1H3;1-10H;3-7H,1H2,2H3/b5-2-,23-20+,34-21?;;6-4-,7-5-. The van der Waals surface area contributed by atoms with Crippen LogP contribution in [-0.4, -0.2) is 6.21 Å². The Labute approximate surface area is 315 Å². The van der Waals surface area contributed by atoms with Crippen molar-refractivity contribution in [2.45, 2.75) is 13.8 Å². The summed E-state index contributed by atoms with van der Waals surface area (Å²) >= 11 is 0. The zero-order chi connectivity index (χ0) is 37.1. The third-order valence-electron chi connectivity index (χ3n) is 8.45. The van der Waals surface area contributed by atoms with E-state index in [9.17, 15) is 0 Å². The largest absolute Gasteiger partial charge is 0.399 e. The Kier molecular flexibility index (Phi) is 14.3. The van der Waals surface area contributed by atoms with Crippen LogP contribution in [0.25, 0.3) is 49.4 Å². The third-order valence-corrected chi connectivity index (χ3v) is 8.45. The number of anilines is 1. The van der Waals surface area contributed by atoms with Crippen molar-refractivity contribution in [2.24, 2.45) is 4.99 Å². The van der Waals surface area contributed by atoms with Gasteiger partial charge in [0.25, 0.3) is 0 Å². The predicted molar refractivity (Wildman–Crippen MR) is 235 cm³/mol. The first-order valence-corrected chi connectivity index (χ1v) is 17.9. The number of rotatable bonds is 8. The Morgan fingerprint density at radius 1 is 0.528 bits per heavy atom. The minimum absolute atomic E-state index is 0.772. The average molecular weight is 687 g/mol. The lowest BCUT2D eigenvalue weighted by Gasteiger charge is -2.07. The van der Waals surface area contributed by atoms with Gasteiger partial charge in [0.05, 0.1) is 5.69 Å². The molecule has 0 atom stereocenters. The van der Waals surface area contributed by atoms with E-state index < -0.39 is 0 Å². The lowest BCUT2D eigenvalue weighted by Crippen LogP contribution is -1.85. The number of fused-ring (bicyclic) bond motifs is 3. The summed E-state index contributed by atoms with van der Waals surface area (Å²) in [6.45, 7) is 7.53. The number of nitrogen functional groups attached to an aromatic ring is 1. The molecule has 2 N–H and O–H groups in total. The molecule has 0 aliphatic heterocycles. The van der Waals surface area contributed by atoms with Crippen LogP contribution in [0.5, 0.6) is 0 Å². The molecule has 0 spiro atoms. The van der Waals surface area contributed by atoms with Gasteiger partial charge in [-0.1, -0.05) is 183 Å². The molecule has 7 rings (SSSR count). The lowest BCUT2D eigenvalue weighted by atomic mass is 9.97. The molecule has 0 unspecified atom stereocenters. The van der Waals surface area contributed by atoms with E-state index in [4.69, 9.17) is 5.73 Å². The molecular weight excluding hydrogens is 641 g/mol. The van der Waals surface area contributed by atoms with Crippen LogP contribution in [0.3, 0.4) is 0 Å². The molecule has 0 aliphatic carbocycles. The van der Waals surface area contributed by atoms with Gasteiger partial charge in [-0.05, 0) is 105 Å². The minimum Gasteiger partial charge on any atom is -0.399 e. The van der Waals surface area contributed by atoms with Crippen LogP contribution >= 0.6 is 0 Å². The topological polar surface area (TPSA) is 38.4 Å². The van der Waals surface area contributed by atoms with Gasteiger partial charge in [-0.15, -0.1) is 0 Å². The van der Waals surface area contributed by atoms with Gasteiger partial charge in [0.1, 0.15) is 0 Å². The van der Waals surface area contributed by atoms with Gasteiger partial charge in [-0.25, -0.2) is 0 Å². The molecule has 0 radical (unpaired) electrons. The molecule has 0 aliphatic rings. The van der Waals surface area contributed by atoms with Gasteiger partial charge in [-0.3, -0.25) is 4.99 Å². The molecular formula is C51H46N2. The average Bonchev–Trinajstić information content (AvgIpc) is 3.22. The second-order valence-corrected chi connectivity index (χ2v) is 12.2. The van der Waals surface area contributed by atoms with Crippen LogP contribution in [0.2, 0.25) is 0 Å². The number of hydrogen-bond acceptors (Lipinski definition) is 2. The van der Waals surface area contributed by atoms with E-state index in [-0.39, 0.29) is 0 Å². The lowest BCUT2D eigenvalue weighted by molar-refractivity contribution is 1.53. The summed E-state index contributed by atoms with van der Waals surface area (Å²) in [7, 11) is 0. The predicted octanol–water partition coefficient (Wildman–Crippen LogP) is 14.3. The molecule has 0 fully saturated rings. The van der Waals surface area contributed by atoms with Crippen LogP contribution in [0.15, 0.2) is 224 Å². The van der Waals surface area contributed by atoms with E-state index in [1.165, 1.54) is 38.2 Å². The first-order valence-electron chi connectivity index (χ1n) is 17.9. The fourth-order valence-electron chi connectivity index (χ4n) is 5.75. The van der Waals surface area contributed by atoms with Crippen molar-refractivity contribution in [1.82, 2.24) is 0 Å². The van der Waals surface area contributed by atoms with E-state index >= 15 is 0 Å². The van der Waals surface area contributed by atoms with Gasteiger partial charge in [0, 0.05) is 11.9 Å². The van der Waals surface area contributed by atoms with Crippen molar-refractivity contribution in [3.8, 4) is 22.3 Å². The van der Waals surface area contributed by atoms with Gasteiger partial charge in [0.15, 0.2) is 0 Å². The van der Waals surface area contributed by atoms with Crippen molar-refractivity contribution < 1.29 is 0 Å². The summed E-state index contributed by atoms with van der Waals surface area (Å²) in [6.07, 6.45) is 17.6. The van der Waals surface area contributed by atoms with Crippen LogP contribution in [0.4, 0.5) is 11.4 Å². The minimum atomic E-state index is 0.772. The Bertz CT molecular complexity index is 2300. The highest BCUT2D eigenvalue weighted by Gasteiger charge is 2.04. The number of nitrogens with two attached hydrogens (primary N) is 1. The number of allylic oxidation sites excluding steroid dienone is 9. The number of aliphatic imine (C=N–C) groups is 1. The molecule has 0 aromatic heterocycles. The number of hydrogen-bond donors (Lipinski definition) is 1. The van der Waals surface area contributed by atoms with Gasteiger partial charge in [0.2, 0.25) is 0 Å². The van der Waals surface area contributed by atoms with Crippen molar-refractivity contribution in [3.63, 3.8) is 0 Å². The molecule has 7 aromatic rings. The summed E-state index contributed by atoms with van der Waals surface area (Å²) in [6, 6.07) is 56.5. The quantitative estimate of drug-likeness (QED) is 0.0735. The van der Waals surface area contributed by atoms with Crippen molar-refractivity contribution >= 4 is 44.7 Å². The zero-order valence-corrected chi connectivity index (χ0v) is 30.5. The van der Waals surface area contributed by atoms with Crippen molar-refractivity contribution in [2.75, 3.05) is 5.73 Å². The van der Waals surface area contributed by atoms with E-state index in [2.05, 4.69) is 145 Å².